The van der Waals surface area contributed by atoms with Gasteiger partial charge in [-0.2, -0.15) is 4.98 Å². The highest BCUT2D eigenvalue weighted by molar-refractivity contribution is 5.65. The third-order valence-corrected chi connectivity index (χ3v) is 9.61. The lowest BCUT2D eigenvalue weighted by Gasteiger charge is -2.36. The van der Waals surface area contributed by atoms with E-state index in [1.807, 2.05) is 54.6 Å². The smallest absolute Gasteiger partial charge is 0.336 e. The van der Waals surface area contributed by atoms with Gasteiger partial charge in [0.2, 0.25) is 0 Å². The van der Waals surface area contributed by atoms with Crippen molar-refractivity contribution in [3.63, 3.8) is 0 Å². The zero-order valence-corrected chi connectivity index (χ0v) is 30.6. The van der Waals surface area contributed by atoms with Crippen LogP contribution in [0, 0.1) is 6.92 Å². The highest BCUT2D eigenvalue weighted by atomic mass is 16.5. The van der Waals surface area contributed by atoms with Gasteiger partial charge in [-0.05, 0) is 87.3 Å². The third kappa shape index (κ3) is 8.34. The fourth-order valence-electron chi connectivity index (χ4n) is 6.58. The first-order valence-corrected chi connectivity index (χ1v) is 17.7. The molecule has 1 N–H and O–H groups in total. The van der Waals surface area contributed by atoms with Crippen LogP contribution in [0.3, 0.4) is 0 Å². The van der Waals surface area contributed by atoms with E-state index in [0.717, 1.165) is 72.8 Å². The molecule has 0 amide bonds. The van der Waals surface area contributed by atoms with Crippen LogP contribution in [0.1, 0.15) is 66.7 Å². The van der Waals surface area contributed by atoms with Crippen LogP contribution >= 0.6 is 0 Å². The Morgan fingerprint density at radius 2 is 1.53 bits per heavy atom. The molecule has 0 bridgehead atoms. The van der Waals surface area contributed by atoms with Crippen molar-refractivity contribution in [3.05, 3.63) is 94.9 Å². The number of fused-ring (bicyclic) bond motifs is 1. The number of anilines is 2. The number of aliphatic hydroxyl groups is 1. The second-order valence-electron chi connectivity index (χ2n) is 13.4. The molecule has 1 atom stereocenters. The lowest BCUT2D eigenvalue weighted by molar-refractivity contribution is 0.211. The Morgan fingerprint density at radius 1 is 0.902 bits per heavy atom. The molecule has 2 aromatic carbocycles. The largest absolute Gasteiger partial charge is 0.497 e. The molecule has 1 aliphatic heterocycles. The van der Waals surface area contributed by atoms with Gasteiger partial charge in [0.05, 0.1) is 32.7 Å². The Bertz CT molecular complexity index is 1820. The van der Waals surface area contributed by atoms with Crippen LogP contribution in [0.4, 0.5) is 11.6 Å². The number of unbranched alkanes of at least 4 members (excludes halogenated alkanes) is 1. The second-order valence-corrected chi connectivity index (χ2v) is 13.4. The highest BCUT2D eigenvalue weighted by Crippen LogP contribution is 2.31. The molecule has 1 saturated heterocycles. The van der Waals surface area contributed by atoms with E-state index in [9.17, 15) is 5.11 Å². The number of methoxy groups -OCH3 is 2. The molecule has 270 valence electrons. The Morgan fingerprint density at radius 3 is 2.08 bits per heavy atom. The Balaban J connectivity index is 1.36. The summed E-state index contributed by atoms with van der Waals surface area (Å²) in [6.45, 7) is 7.60. The second kappa shape index (κ2) is 16.4. The maximum absolute atomic E-state index is 11.8. The number of ether oxygens (including phenoxy) is 3. The molecule has 6 rings (SSSR count). The summed E-state index contributed by atoms with van der Waals surface area (Å²) in [6, 6.07) is 18.8. The van der Waals surface area contributed by atoms with Gasteiger partial charge in [0, 0.05) is 44.0 Å². The van der Waals surface area contributed by atoms with E-state index in [-0.39, 0.29) is 6.01 Å². The van der Waals surface area contributed by atoms with Crippen LogP contribution in [0.5, 0.6) is 17.5 Å². The average Bonchev–Trinajstić information content (AvgIpc) is 3.58. The fourth-order valence-corrected chi connectivity index (χ4v) is 6.58. The highest BCUT2D eigenvalue weighted by Gasteiger charge is 2.26. The van der Waals surface area contributed by atoms with Crippen molar-refractivity contribution in [2.24, 2.45) is 0 Å². The quantitative estimate of drug-likeness (QED) is 0.133. The Hall–Kier alpha value is -4.94. The van der Waals surface area contributed by atoms with E-state index in [1.165, 1.54) is 0 Å². The van der Waals surface area contributed by atoms with Crippen LogP contribution in [-0.2, 0) is 13.1 Å². The summed E-state index contributed by atoms with van der Waals surface area (Å²) in [4.78, 5) is 21.4. The summed E-state index contributed by atoms with van der Waals surface area (Å²) in [5.74, 6) is 3.13. The van der Waals surface area contributed by atoms with Gasteiger partial charge < -0.3 is 34.0 Å². The molecule has 5 aromatic rings. The number of piperidine rings is 1. The van der Waals surface area contributed by atoms with E-state index in [2.05, 4.69) is 42.6 Å². The van der Waals surface area contributed by atoms with Crippen LogP contribution < -0.4 is 24.0 Å². The van der Waals surface area contributed by atoms with Gasteiger partial charge in [-0.1, -0.05) is 37.6 Å². The Labute approximate surface area is 300 Å². The number of benzene rings is 2. The number of hydrogen-bond donors (Lipinski definition) is 1. The van der Waals surface area contributed by atoms with Crippen molar-refractivity contribution in [2.75, 3.05) is 57.8 Å². The predicted molar refractivity (Wildman–Crippen MR) is 199 cm³/mol. The maximum atomic E-state index is 11.8. The molecule has 4 heterocycles. The fraction of sp³-hybridized carbons (Fsp3) is 0.436. The predicted octanol–water partition coefficient (Wildman–Crippen LogP) is 5.84. The SMILES string of the molecule is CCCCOc1nc(N(Cc2ccc(OC)cc2)Cc2ccc(OC)cc2)c2ncc(C(O)c3cnc(N4CCC(N(C)C)CC4)c(C)c3)n2n1. The molecule has 0 aliphatic carbocycles. The number of imidazole rings is 1. The number of nitrogens with zero attached hydrogens (tertiary/aromatic N) is 8. The molecule has 12 nitrogen and oxygen atoms in total. The summed E-state index contributed by atoms with van der Waals surface area (Å²) in [5, 5.41) is 16.6. The summed E-state index contributed by atoms with van der Waals surface area (Å²) in [5.41, 5.74) is 4.83. The van der Waals surface area contributed by atoms with E-state index < -0.39 is 6.10 Å². The van der Waals surface area contributed by atoms with Crippen molar-refractivity contribution < 1.29 is 19.3 Å². The van der Waals surface area contributed by atoms with Crippen molar-refractivity contribution >= 4 is 17.3 Å². The van der Waals surface area contributed by atoms with E-state index in [1.54, 1.807) is 31.1 Å². The number of rotatable bonds is 15. The molecule has 0 saturated carbocycles. The maximum Gasteiger partial charge on any atom is 0.336 e. The van der Waals surface area contributed by atoms with Crippen LogP contribution in [0.2, 0.25) is 0 Å². The van der Waals surface area contributed by atoms with Gasteiger partial charge >= 0.3 is 6.01 Å². The normalized spacial score (nSPS) is 14.2. The van der Waals surface area contributed by atoms with Gasteiger partial charge in [0.1, 0.15) is 23.4 Å². The molecule has 1 fully saturated rings. The lowest BCUT2D eigenvalue weighted by Crippen LogP contribution is -2.42. The minimum absolute atomic E-state index is 0.220. The molecule has 3 aromatic heterocycles. The van der Waals surface area contributed by atoms with Gasteiger partial charge in [-0.25, -0.2) is 14.5 Å². The van der Waals surface area contributed by atoms with Gasteiger partial charge in [0.25, 0.3) is 0 Å². The van der Waals surface area contributed by atoms with Crippen molar-refractivity contribution in [1.29, 1.82) is 0 Å². The van der Waals surface area contributed by atoms with E-state index >= 15 is 0 Å². The van der Waals surface area contributed by atoms with Crippen LogP contribution in [0.15, 0.2) is 67.0 Å². The summed E-state index contributed by atoms with van der Waals surface area (Å²) >= 11 is 0. The van der Waals surface area contributed by atoms with Crippen LogP contribution in [0.25, 0.3) is 5.65 Å². The summed E-state index contributed by atoms with van der Waals surface area (Å²) in [7, 11) is 7.61. The van der Waals surface area contributed by atoms with Gasteiger partial charge in [-0.3, -0.25) is 0 Å². The number of aliphatic hydroxyl groups excluding tert-OH is 1. The summed E-state index contributed by atoms with van der Waals surface area (Å²) in [6.07, 6.45) is 6.44. The molecular weight excluding hydrogens is 644 g/mol. The van der Waals surface area contributed by atoms with E-state index in [4.69, 9.17) is 34.3 Å². The number of aryl methyl sites for hydroxylation is 1. The standard InChI is InChI=1S/C39H50N8O4/c1-7-8-21-51-39-42-38(46(25-28-9-13-32(49-5)14-10-28)26-29-11-15-33(50-6)16-12-29)37-41-24-34(47(37)43-39)35(48)30-22-27(2)36(40-23-30)45-19-17-31(18-20-45)44(3)4/h9-16,22-24,31,35,48H,7-8,17-21,25-26H2,1-6H3. The zero-order valence-electron chi connectivity index (χ0n) is 30.6. The molecule has 0 spiro atoms. The molecule has 51 heavy (non-hydrogen) atoms. The zero-order chi connectivity index (χ0) is 35.9. The van der Waals surface area contributed by atoms with Crippen molar-refractivity contribution in [3.8, 4) is 17.5 Å². The first-order chi connectivity index (χ1) is 24.8. The van der Waals surface area contributed by atoms with E-state index in [0.29, 0.717) is 48.5 Å². The topological polar surface area (TPSA) is 114 Å². The Kier molecular flexibility index (Phi) is 11.5. The van der Waals surface area contributed by atoms with Crippen LogP contribution in [-0.4, -0.2) is 88.6 Å². The number of pyridine rings is 1. The minimum Gasteiger partial charge on any atom is -0.497 e. The molecule has 0 radical (unpaired) electrons. The summed E-state index contributed by atoms with van der Waals surface area (Å²) < 4.78 is 18.6. The average molecular weight is 695 g/mol. The third-order valence-electron chi connectivity index (χ3n) is 9.61. The number of hydrogen-bond acceptors (Lipinski definition) is 11. The molecular formula is C39H50N8O4. The van der Waals surface area contributed by atoms with Crippen molar-refractivity contribution in [2.45, 2.75) is 64.8 Å². The monoisotopic (exact) mass is 694 g/mol. The van der Waals surface area contributed by atoms with Crippen molar-refractivity contribution in [1.82, 2.24) is 29.5 Å². The first kappa shape index (κ1) is 35.9. The van der Waals surface area contributed by atoms with Gasteiger partial charge in [0.15, 0.2) is 11.5 Å². The molecule has 12 heteroatoms. The lowest BCUT2D eigenvalue weighted by atomic mass is 10.0. The molecule has 1 unspecified atom stereocenters. The minimum atomic E-state index is -1.03. The molecule has 1 aliphatic rings. The van der Waals surface area contributed by atoms with Gasteiger partial charge in [-0.15, -0.1) is 5.10 Å². The first-order valence-electron chi connectivity index (χ1n) is 17.7. The number of aromatic nitrogens is 5.